The summed E-state index contributed by atoms with van der Waals surface area (Å²) in [4.78, 5) is 26.7. The number of carbonyl (C=O) groups is 2. The van der Waals surface area contributed by atoms with Gasteiger partial charge in [-0.15, -0.1) is 12.4 Å². The van der Waals surface area contributed by atoms with Gasteiger partial charge in [0.25, 0.3) is 0 Å². The Hall–Kier alpha value is -2.73. The number of amides is 3. The Morgan fingerprint density at radius 1 is 1.13 bits per heavy atom. The molecule has 1 heterocycles. The minimum Gasteiger partial charge on any atom is -0.399 e. The third-order valence-corrected chi connectivity index (χ3v) is 5.40. The maximum atomic E-state index is 12.6. The second-order valence-electron chi connectivity index (χ2n) is 7.75. The summed E-state index contributed by atoms with van der Waals surface area (Å²) in [7, 11) is 0. The number of likely N-dealkylation sites (tertiary alicyclic amines) is 1. The Labute approximate surface area is 184 Å². The van der Waals surface area contributed by atoms with E-state index in [1.54, 1.807) is 0 Å². The van der Waals surface area contributed by atoms with E-state index in [-0.39, 0.29) is 30.3 Å². The van der Waals surface area contributed by atoms with Gasteiger partial charge in [0, 0.05) is 37.4 Å². The number of hydrogen-bond donors (Lipinski definition) is 3. The van der Waals surface area contributed by atoms with Crippen LogP contribution in [0.4, 0.5) is 16.2 Å². The summed E-state index contributed by atoms with van der Waals surface area (Å²) < 4.78 is 0. The summed E-state index contributed by atoms with van der Waals surface area (Å²) in [6.45, 7) is 4.05. The second kappa shape index (κ2) is 11.5. The molecular formula is C23H31ClN4O2. The zero-order chi connectivity index (χ0) is 20.6. The van der Waals surface area contributed by atoms with Gasteiger partial charge >= 0.3 is 6.03 Å². The number of halogens is 1. The molecule has 1 fully saturated rings. The van der Waals surface area contributed by atoms with Crippen molar-refractivity contribution >= 4 is 35.7 Å². The van der Waals surface area contributed by atoms with Crippen LogP contribution in [0.25, 0.3) is 0 Å². The minimum atomic E-state index is -0.211. The third kappa shape index (κ3) is 6.95. The van der Waals surface area contributed by atoms with Gasteiger partial charge in [0.15, 0.2) is 0 Å². The van der Waals surface area contributed by atoms with Crippen LogP contribution in [0.5, 0.6) is 0 Å². The monoisotopic (exact) mass is 430 g/mol. The van der Waals surface area contributed by atoms with E-state index < -0.39 is 0 Å². The molecule has 7 heteroatoms. The van der Waals surface area contributed by atoms with E-state index in [1.165, 1.54) is 0 Å². The molecule has 0 saturated carbocycles. The van der Waals surface area contributed by atoms with E-state index in [0.29, 0.717) is 25.9 Å². The first-order valence-electron chi connectivity index (χ1n) is 10.2. The van der Waals surface area contributed by atoms with Gasteiger partial charge < -0.3 is 21.3 Å². The molecule has 162 valence electrons. The highest BCUT2D eigenvalue weighted by atomic mass is 35.5. The summed E-state index contributed by atoms with van der Waals surface area (Å²) in [5.74, 6) is 0.431. The third-order valence-electron chi connectivity index (χ3n) is 5.40. The number of urea groups is 1. The molecule has 0 spiro atoms. The number of para-hydroxylation sites is 1. The van der Waals surface area contributed by atoms with E-state index in [1.807, 2.05) is 60.4 Å². The van der Waals surface area contributed by atoms with Crippen LogP contribution in [0.1, 0.15) is 30.4 Å². The minimum absolute atomic E-state index is 0. The van der Waals surface area contributed by atoms with Crippen LogP contribution in [0.2, 0.25) is 0 Å². The molecule has 30 heavy (non-hydrogen) atoms. The summed E-state index contributed by atoms with van der Waals surface area (Å²) in [5, 5.41) is 5.78. The van der Waals surface area contributed by atoms with Crippen molar-refractivity contribution in [2.24, 2.45) is 5.92 Å². The van der Waals surface area contributed by atoms with Gasteiger partial charge in [0.05, 0.1) is 0 Å². The molecule has 0 aromatic heterocycles. The van der Waals surface area contributed by atoms with E-state index in [4.69, 9.17) is 5.73 Å². The number of anilines is 2. The molecule has 2 aromatic rings. The van der Waals surface area contributed by atoms with Crippen LogP contribution in [0.15, 0.2) is 48.5 Å². The zero-order valence-corrected chi connectivity index (χ0v) is 18.2. The number of carbonyl (C=O) groups excluding carboxylic acids is 2. The van der Waals surface area contributed by atoms with Crippen molar-refractivity contribution in [1.29, 1.82) is 0 Å². The number of nitrogen functional groups attached to an aromatic ring is 1. The van der Waals surface area contributed by atoms with E-state index in [9.17, 15) is 9.59 Å². The predicted molar refractivity (Wildman–Crippen MR) is 124 cm³/mol. The average molecular weight is 431 g/mol. The average Bonchev–Trinajstić information content (AvgIpc) is 2.73. The first-order valence-corrected chi connectivity index (χ1v) is 10.2. The van der Waals surface area contributed by atoms with Gasteiger partial charge in [-0.05, 0) is 55.9 Å². The molecule has 0 bridgehead atoms. The van der Waals surface area contributed by atoms with Gasteiger partial charge in [0.2, 0.25) is 5.91 Å². The Morgan fingerprint density at radius 3 is 2.60 bits per heavy atom. The van der Waals surface area contributed by atoms with Crippen LogP contribution in [-0.4, -0.2) is 36.5 Å². The van der Waals surface area contributed by atoms with E-state index >= 15 is 0 Å². The van der Waals surface area contributed by atoms with Crippen molar-refractivity contribution in [2.45, 2.75) is 32.6 Å². The highest BCUT2D eigenvalue weighted by Gasteiger charge is 2.23. The molecule has 4 N–H and O–H groups in total. The molecule has 0 radical (unpaired) electrons. The van der Waals surface area contributed by atoms with Crippen molar-refractivity contribution in [3.63, 3.8) is 0 Å². The molecule has 1 saturated heterocycles. The van der Waals surface area contributed by atoms with Gasteiger partial charge in [-0.25, -0.2) is 4.79 Å². The quantitative estimate of drug-likeness (QED) is 0.605. The smallest absolute Gasteiger partial charge is 0.319 e. The van der Waals surface area contributed by atoms with E-state index in [0.717, 1.165) is 41.9 Å². The standard InChI is InChI=1S/C23H30N4O2.ClH/c1-17-8-11-20(12-9-17)26-23(29)25-15-18-5-4-14-27(16-18)22(28)13-10-19-6-2-3-7-21(19)24;/h2-3,6-9,11-12,18H,4-5,10,13-16,24H2,1H3,(H2,25,26,29);1H. The molecule has 3 amide bonds. The van der Waals surface area contributed by atoms with Crippen LogP contribution in [-0.2, 0) is 11.2 Å². The van der Waals surface area contributed by atoms with E-state index in [2.05, 4.69) is 10.6 Å². The first kappa shape index (κ1) is 23.5. The van der Waals surface area contributed by atoms with Crippen molar-refractivity contribution in [3.8, 4) is 0 Å². The normalized spacial score (nSPS) is 15.8. The Bertz CT molecular complexity index is 841. The number of rotatable bonds is 6. The fraction of sp³-hybridized carbons (Fsp3) is 0.391. The predicted octanol–water partition coefficient (Wildman–Crippen LogP) is 3.99. The lowest BCUT2D eigenvalue weighted by Gasteiger charge is -2.33. The lowest BCUT2D eigenvalue weighted by Crippen LogP contribution is -2.44. The first-order chi connectivity index (χ1) is 14.0. The topological polar surface area (TPSA) is 87.5 Å². The fourth-order valence-corrected chi connectivity index (χ4v) is 3.67. The SMILES string of the molecule is Cc1ccc(NC(=O)NCC2CCCN(C(=O)CCc3ccccc3N)C2)cc1.Cl. The largest absolute Gasteiger partial charge is 0.399 e. The Morgan fingerprint density at radius 2 is 1.87 bits per heavy atom. The van der Waals surface area contributed by atoms with Crippen LogP contribution >= 0.6 is 12.4 Å². The lowest BCUT2D eigenvalue weighted by atomic mass is 9.97. The molecular weight excluding hydrogens is 400 g/mol. The Kier molecular flexibility index (Phi) is 8.99. The number of hydrogen-bond acceptors (Lipinski definition) is 3. The molecule has 6 nitrogen and oxygen atoms in total. The zero-order valence-electron chi connectivity index (χ0n) is 17.4. The Balaban J connectivity index is 0.00000320. The second-order valence-corrected chi connectivity index (χ2v) is 7.75. The van der Waals surface area contributed by atoms with Gasteiger partial charge in [-0.1, -0.05) is 35.9 Å². The van der Waals surface area contributed by atoms with Crippen LogP contribution in [0, 0.1) is 12.8 Å². The van der Waals surface area contributed by atoms with Gasteiger partial charge in [-0.2, -0.15) is 0 Å². The molecule has 0 aliphatic carbocycles. The molecule has 3 rings (SSSR count). The number of benzene rings is 2. The fourth-order valence-electron chi connectivity index (χ4n) is 3.67. The maximum Gasteiger partial charge on any atom is 0.319 e. The number of piperidine rings is 1. The number of nitrogens with one attached hydrogen (secondary N) is 2. The maximum absolute atomic E-state index is 12.6. The van der Waals surface area contributed by atoms with Gasteiger partial charge in [0.1, 0.15) is 0 Å². The van der Waals surface area contributed by atoms with Crippen molar-refractivity contribution in [3.05, 3.63) is 59.7 Å². The molecule has 1 unspecified atom stereocenters. The lowest BCUT2D eigenvalue weighted by molar-refractivity contribution is -0.132. The molecule has 1 atom stereocenters. The van der Waals surface area contributed by atoms with Crippen molar-refractivity contribution in [2.75, 3.05) is 30.7 Å². The summed E-state index contributed by atoms with van der Waals surface area (Å²) in [6.07, 6.45) is 3.09. The highest BCUT2D eigenvalue weighted by Crippen LogP contribution is 2.19. The van der Waals surface area contributed by atoms with Crippen molar-refractivity contribution < 1.29 is 9.59 Å². The molecule has 1 aliphatic heterocycles. The van der Waals surface area contributed by atoms with Crippen LogP contribution in [0.3, 0.4) is 0 Å². The van der Waals surface area contributed by atoms with Crippen molar-refractivity contribution in [1.82, 2.24) is 10.2 Å². The summed E-state index contributed by atoms with van der Waals surface area (Å²) in [5.41, 5.74) is 9.64. The number of nitrogens with two attached hydrogens (primary N) is 1. The summed E-state index contributed by atoms with van der Waals surface area (Å²) >= 11 is 0. The molecule has 1 aliphatic rings. The number of nitrogens with zero attached hydrogens (tertiary/aromatic N) is 1. The highest BCUT2D eigenvalue weighted by molar-refractivity contribution is 5.89. The molecule has 2 aromatic carbocycles. The summed E-state index contributed by atoms with van der Waals surface area (Å²) in [6, 6.07) is 15.2. The van der Waals surface area contributed by atoms with Crippen LogP contribution < -0.4 is 16.4 Å². The number of aryl methyl sites for hydroxylation is 2. The van der Waals surface area contributed by atoms with Gasteiger partial charge in [-0.3, -0.25) is 4.79 Å².